The number of carbonyl (C=O) groups is 1. The topological polar surface area (TPSA) is 40.5 Å². The lowest BCUT2D eigenvalue weighted by Gasteiger charge is -2.24. The zero-order valence-electron chi connectivity index (χ0n) is 9.47. The molecule has 2 atom stereocenters. The highest BCUT2D eigenvalue weighted by Gasteiger charge is 2.30. The smallest absolute Gasteiger partial charge is 0.307 e. The predicted molar refractivity (Wildman–Crippen MR) is 62.2 cm³/mol. The molecule has 1 aromatic carbocycles. The SMILES string of the molecule is C[C@@H](c1ccccc1)N1CC[C@H](C(=O)O)C1. The third kappa shape index (κ3) is 2.25. The van der Waals surface area contributed by atoms with Gasteiger partial charge in [0.2, 0.25) is 0 Å². The van der Waals surface area contributed by atoms with E-state index in [-0.39, 0.29) is 5.92 Å². The molecule has 3 heteroatoms. The summed E-state index contributed by atoms with van der Waals surface area (Å²) in [5, 5.41) is 8.96. The molecule has 0 amide bonds. The molecule has 1 N–H and O–H groups in total. The first-order chi connectivity index (χ1) is 7.68. The highest BCUT2D eigenvalue weighted by molar-refractivity contribution is 5.70. The quantitative estimate of drug-likeness (QED) is 0.846. The van der Waals surface area contributed by atoms with Crippen molar-refractivity contribution in [2.75, 3.05) is 13.1 Å². The van der Waals surface area contributed by atoms with Crippen molar-refractivity contribution in [1.29, 1.82) is 0 Å². The number of aliphatic carboxylic acids is 1. The maximum Gasteiger partial charge on any atom is 0.307 e. The summed E-state index contributed by atoms with van der Waals surface area (Å²) in [4.78, 5) is 13.1. The zero-order chi connectivity index (χ0) is 11.5. The molecule has 3 nitrogen and oxygen atoms in total. The van der Waals surface area contributed by atoms with Crippen molar-refractivity contribution in [3.05, 3.63) is 35.9 Å². The van der Waals surface area contributed by atoms with E-state index in [9.17, 15) is 4.79 Å². The summed E-state index contributed by atoms with van der Waals surface area (Å²) in [7, 11) is 0. The number of benzene rings is 1. The minimum absolute atomic E-state index is 0.189. The van der Waals surface area contributed by atoms with Crippen molar-refractivity contribution in [2.45, 2.75) is 19.4 Å². The number of rotatable bonds is 3. The van der Waals surface area contributed by atoms with Crippen molar-refractivity contribution < 1.29 is 9.90 Å². The average Bonchev–Trinajstić information content (AvgIpc) is 2.78. The Morgan fingerprint density at radius 2 is 2.12 bits per heavy atom. The molecule has 0 saturated carbocycles. The van der Waals surface area contributed by atoms with Crippen molar-refractivity contribution in [1.82, 2.24) is 4.90 Å². The summed E-state index contributed by atoms with van der Waals surface area (Å²) in [6.45, 7) is 3.69. The van der Waals surface area contributed by atoms with Gasteiger partial charge in [0.15, 0.2) is 0 Å². The second kappa shape index (κ2) is 4.66. The van der Waals surface area contributed by atoms with E-state index in [1.54, 1.807) is 0 Å². The Labute approximate surface area is 95.7 Å². The van der Waals surface area contributed by atoms with Crippen LogP contribution in [0.4, 0.5) is 0 Å². The summed E-state index contributed by atoms with van der Waals surface area (Å²) in [6.07, 6.45) is 0.770. The first-order valence-electron chi connectivity index (χ1n) is 5.70. The molecule has 0 bridgehead atoms. The fourth-order valence-electron chi connectivity index (χ4n) is 2.28. The molecule has 1 saturated heterocycles. The third-order valence-electron chi connectivity index (χ3n) is 3.40. The molecule has 2 rings (SSSR count). The molecule has 1 heterocycles. The zero-order valence-corrected chi connectivity index (χ0v) is 9.47. The lowest BCUT2D eigenvalue weighted by atomic mass is 10.1. The summed E-state index contributed by atoms with van der Waals surface area (Å²) in [5.41, 5.74) is 1.26. The molecule has 0 radical (unpaired) electrons. The Bertz CT molecular complexity index is 363. The van der Waals surface area contributed by atoms with Crippen LogP contribution in [0.5, 0.6) is 0 Å². The molecule has 1 fully saturated rings. The number of nitrogens with zero attached hydrogens (tertiary/aromatic N) is 1. The number of carboxylic acids is 1. The van der Waals surface area contributed by atoms with Gasteiger partial charge in [-0.05, 0) is 25.5 Å². The van der Waals surface area contributed by atoms with Crippen LogP contribution < -0.4 is 0 Å². The number of carboxylic acid groups (broad SMARTS) is 1. The van der Waals surface area contributed by atoms with Crippen LogP contribution in [0.15, 0.2) is 30.3 Å². The number of hydrogen-bond donors (Lipinski definition) is 1. The van der Waals surface area contributed by atoms with Crippen molar-refractivity contribution in [3.8, 4) is 0 Å². The van der Waals surface area contributed by atoms with Crippen LogP contribution >= 0.6 is 0 Å². The van der Waals surface area contributed by atoms with Gasteiger partial charge >= 0.3 is 5.97 Å². The summed E-state index contributed by atoms with van der Waals surface area (Å²) >= 11 is 0. The lowest BCUT2D eigenvalue weighted by Crippen LogP contribution is -2.26. The van der Waals surface area contributed by atoms with E-state index in [2.05, 4.69) is 24.0 Å². The lowest BCUT2D eigenvalue weighted by molar-refractivity contribution is -0.141. The maximum absolute atomic E-state index is 10.9. The van der Waals surface area contributed by atoms with Crippen LogP contribution in [0.2, 0.25) is 0 Å². The van der Waals surface area contributed by atoms with Crippen molar-refractivity contribution in [3.63, 3.8) is 0 Å². The molecule has 86 valence electrons. The molecule has 0 unspecified atom stereocenters. The monoisotopic (exact) mass is 219 g/mol. The first-order valence-corrected chi connectivity index (χ1v) is 5.70. The van der Waals surface area contributed by atoms with Crippen molar-refractivity contribution in [2.24, 2.45) is 5.92 Å². The van der Waals surface area contributed by atoms with Gasteiger partial charge in [0.05, 0.1) is 5.92 Å². The van der Waals surface area contributed by atoms with Crippen LogP contribution in [-0.4, -0.2) is 29.1 Å². The standard InChI is InChI=1S/C13H17NO2/c1-10(11-5-3-2-4-6-11)14-8-7-12(9-14)13(15)16/h2-6,10,12H,7-9H2,1H3,(H,15,16)/t10-,12-/m0/s1. The molecule has 16 heavy (non-hydrogen) atoms. The van der Waals surface area contributed by atoms with Crippen LogP contribution in [0, 0.1) is 5.92 Å². The fourth-order valence-corrected chi connectivity index (χ4v) is 2.28. The van der Waals surface area contributed by atoms with Gasteiger partial charge in [0.25, 0.3) is 0 Å². The van der Waals surface area contributed by atoms with Gasteiger partial charge in [-0.25, -0.2) is 0 Å². The molecule has 1 aliphatic rings. The molecule has 0 aliphatic carbocycles. The van der Waals surface area contributed by atoms with Crippen LogP contribution in [-0.2, 0) is 4.79 Å². The molecule has 0 aromatic heterocycles. The average molecular weight is 219 g/mol. The van der Waals surface area contributed by atoms with E-state index in [1.807, 2.05) is 18.2 Å². The Kier molecular flexibility index (Phi) is 3.25. The van der Waals surface area contributed by atoms with E-state index in [4.69, 9.17) is 5.11 Å². The van der Waals surface area contributed by atoms with Gasteiger partial charge in [-0.1, -0.05) is 30.3 Å². The third-order valence-corrected chi connectivity index (χ3v) is 3.40. The van der Waals surface area contributed by atoms with E-state index in [0.29, 0.717) is 12.6 Å². The van der Waals surface area contributed by atoms with Gasteiger partial charge < -0.3 is 5.11 Å². The Morgan fingerprint density at radius 1 is 1.44 bits per heavy atom. The minimum Gasteiger partial charge on any atom is -0.481 e. The largest absolute Gasteiger partial charge is 0.481 e. The minimum atomic E-state index is -0.664. The van der Waals surface area contributed by atoms with Gasteiger partial charge in [-0.3, -0.25) is 9.69 Å². The van der Waals surface area contributed by atoms with Crippen molar-refractivity contribution >= 4 is 5.97 Å². The maximum atomic E-state index is 10.9. The number of hydrogen-bond acceptors (Lipinski definition) is 2. The Morgan fingerprint density at radius 3 is 2.69 bits per heavy atom. The van der Waals surface area contributed by atoms with Gasteiger partial charge in [0.1, 0.15) is 0 Å². The fraction of sp³-hybridized carbons (Fsp3) is 0.462. The van der Waals surface area contributed by atoms with Crippen LogP contribution in [0.1, 0.15) is 24.9 Å². The van der Waals surface area contributed by atoms with Crippen LogP contribution in [0.3, 0.4) is 0 Å². The van der Waals surface area contributed by atoms with E-state index in [0.717, 1.165) is 13.0 Å². The first kappa shape index (κ1) is 11.1. The van der Waals surface area contributed by atoms with Crippen LogP contribution in [0.25, 0.3) is 0 Å². The molecule has 1 aromatic rings. The molecule has 1 aliphatic heterocycles. The highest BCUT2D eigenvalue weighted by atomic mass is 16.4. The normalized spacial score (nSPS) is 23.2. The molecular formula is C13H17NO2. The van der Waals surface area contributed by atoms with Gasteiger partial charge in [0, 0.05) is 12.6 Å². The molecule has 0 spiro atoms. The summed E-state index contributed by atoms with van der Waals surface area (Å²) in [5.74, 6) is -0.853. The highest BCUT2D eigenvalue weighted by Crippen LogP contribution is 2.27. The predicted octanol–water partition coefficient (Wildman–Crippen LogP) is 2.15. The summed E-state index contributed by atoms with van der Waals surface area (Å²) < 4.78 is 0. The van der Waals surface area contributed by atoms with Gasteiger partial charge in [-0.15, -0.1) is 0 Å². The molecular weight excluding hydrogens is 202 g/mol. The summed E-state index contributed by atoms with van der Waals surface area (Å²) in [6, 6.07) is 10.6. The van der Waals surface area contributed by atoms with E-state index in [1.165, 1.54) is 5.56 Å². The Balaban J connectivity index is 2.02. The second-order valence-electron chi connectivity index (χ2n) is 4.41. The van der Waals surface area contributed by atoms with E-state index >= 15 is 0 Å². The second-order valence-corrected chi connectivity index (χ2v) is 4.41. The Hall–Kier alpha value is -1.35. The van der Waals surface area contributed by atoms with E-state index < -0.39 is 5.97 Å². The number of likely N-dealkylation sites (tertiary alicyclic amines) is 1. The van der Waals surface area contributed by atoms with Gasteiger partial charge in [-0.2, -0.15) is 0 Å².